The average Bonchev–Trinajstić information content (AvgIpc) is 3.54. The second kappa shape index (κ2) is 10.1. The Hall–Kier alpha value is -4.41. The molecule has 42 heavy (non-hydrogen) atoms. The van der Waals surface area contributed by atoms with Crippen LogP contribution >= 0.6 is 0 Å². The van der Waals surface area contributed by atoms with Crippen LogP contribution in [0.3, 0.4) is 0 Å². The number of benzene rings is 1. The number of carbonyl (C=O) groups excluding carboxylic acids is 1. The molecule has 2 aliphatic rings. The Balaban J connectivity index is 1.34. The molecule has 1 aromatic carbocycles. The number of amides is 1. The summed E-state index contributed by atoms with van der Waals surface area (Å²) in [5.41, 5.74) is 5.46. The number of nitrogens with zero attached hydrogens (tertiary/aromatic N) is 6. The first-order chi connectivity index (χ1) is 20.3. The minimum Gasteiger partial charge on any atom is -0.496 e. The van der Waals surface area contributed by atoms with Crippen molar-refractivity contribution in [3.8, 4) is 16.9 Å². The highest BCUT2D eigenvalue weighted by Crippen LogP contribution is 2.43. The number of aromatic nitrogens is 6. The summed E-state index contributed by atoms with van der Waals surface area (Å²) in [6, 6.07) is 6.51. The minimum atomic E-state index is 0.133. The number of ether oxygens (including phenoxy) is 1. The van der Waals surface area contributed by atoms with E-state index in [2.05, 4.69) is 39.2 Å². The zero-order chi connectivity index (χ0) is 29.1. The number of carbonyl (C=O) groups is 1. The van der Waals surface area contributed by atoms with Crippen LogP contribution in [0.1, 0.15) is 74.5 Å². The molecule has 11 nitrogen and oxygen atoms in total. The highest BCUT2D eigenvalue weighted by Gasteiger charge is 2.31. The topological polar surface area (TPSA) is 127 Å². The van der Waals surface area contributed by atoms with Crippen LogP contribution in [0.4, 0.5) is 11.6 Å². The molecular weight excluding hydrogens is 532 g/mol. The highest BCUT2D eigenvalue weighted by molar-refractivity contribution is 6.13. The molecule has 1 saturated heterocycles. The molecule has 0 spiro atoms. The molecule has 1 aliphatic heterocycles. The summed E-state index contributed by atoms with van der Waals surface area (Å²) < 4.78 is 13.5. The van der Waals surface area contributed by atoms with Crippen LogP contribution in [-0.4, -0.2) is 60.9 Å². The van der Waals surface area contributed by atoms with E-state index in [0.29, 0.717) is 12.3 Å². The van der Waals surface area contributed by atoms with E-state index in [1.807, 2.05) is 24.8 Å². The van der Waals surface area contributed by atoms with Gasteiger partial charge in [0.25, 0.3) is 0 Å². The van der Waals surface area contributed by atoms with Crippen molar-refractivity contribution in [1.82, 2.24) is 34.8 Å². The van der Waals surface area contributed by atoms with Gasteiger partial charge in [-0.15, -0.1) is 0 Å². The third kappa shape index (κ3) is 4.47. The molecule has 11 heteroatoms. The maximum atomic E-state index is 11.9. The van der Waals surface area contributed by atoms with Crippen molar-refractivity contribution in [2.24, 2.45) is 0 Å². The fourth-order valence-corrected chi connectivity index (χ4v) is 6.26. The van der Waals surface area contributed by atoms with Crippen LogP contribution < -0.4 is 10.1 Å². The molecule has 1 aliphatic carbocycles. The van der Waals surface area contributed by atoms with Gasteiger partial charge in [-0.3, -0.25) is 4.79 Å². The number of hydrogen-bond acceptors (Lipinski definition) is 8. The van der Waals surface area contributed by atoms with Crippen LogP contribution in [0, 0.1) is 13.8 Å². The van der Waals surface area contributed by atoms with Gasteiger partial charge in [0, 0.05) is 54.9 Å². The number of methoxy groups -OCH3 is 1. The Morgan fingerprint density at radius 3 is 2.57 bits per heavy atom. The molecule has 218 valence electrons. The van der Waals surface area contributed by atoms with Crippen molar-refractivity contribution in [3.63, 3.8) is 0 Å². The first-order valence-corrected chi connectivity index (χ1v) is 14.8. The summed E-state index contributed by atoms with van der Waals surface area (Å²) in [6.07, 6.45) is 4.78. The quantitative estimate of drug-likeness (QED) is 0.246. The SMILES string of the molecule is CCc1nc(Nc2cc(C3CC3)nn2C2CCN(C(C)=O)CC2)c2c(n1)[nH]c1cc(-c3c(C)noc3C)c(OC)cc12. The number of H-pyrrole nitrogens is 1. The Morgan fingerprint density at radius 1 is 1.14 bits per heavy atom. The van der Waals surface area contributed by atoms with Crippen molar-refractivity contribution in [2.75, 3.05) is 25.5 Å². The van der Waals surface area contributed by atoms with Crippen molar-refractivity contribution >= 4 is 39.5 Å². The van der Waals surface area contributed by atoms with Gasteiger partial charge in [-0.2, -0.15) is 5.10 Å². The highest BCUT2D eigenvalue weighted by atomic mass is 16.5. The van der Waals surface area contributed by atoms with Crippen molar-refractivity contribution in [3.05, 3.63) is 41.2 Å². The lowest BCUT2D eigenvalue weighted by molar-refractivity contribution is -0.130. The number of likely N-dealkylation sites (tertiary alicyclic amines) is 1. The molecule has 1 saturated carbocycles. The first-order valence-electron chi connectivity index (χ1n) is 14.8. The van der Waals surface area contributed by atoms with E-state index in [1.165, 1.54) is 12.8 Å². The lowest BCUT2D eigenvalue weighted by Gasteiger charge is -2.32. The molecule has 1 amide bonds. The number of rotatable bonds is 7. The Bertz CT molecular complexity index is 1800. The smallest absolute Gasteiger partial charge is 0.219 e. The summed E-state index contributed by atoms with van der Waals surface area (Å²) in [6.45, 7) is 9.03. The number of nitrogens with one attached hydrogen (secondary N) is 2. The van der Waals surface area contributed by atoms with Gasteiger partial charge < -0.3 is 24.5 Å². The summed E-state index contributed by atoms with van der Waals surface area (Å²) in [5.74, 6) is 4.52. The van der Waals surface area contributed by atoms with Crippen molar-refractivity contribution in [1.29, 1.82) is 0 Å². The van der Waals surface area contributed by atoms with Crippen molar-refractivity contribution in [2.45, 2.75) is 71.8 Å². The number of aryl methyl sites for hydroxylation is 3. The molecule has 5 heterocycles. The Kier molecular flexibility index (Phi) is 6.40. The van der Waals surface area contributed by atoms with Crippen LogP contribution in [0.2, 0.25) is 0 Å². The van der Waals surface area contributed by atoms with Crippen LogP contribution in [0.25, 0.3) is 33.1 Å². The molecule has 0 radical (unpaired) electrons. The number of hydrogen-bond donors (Lipinski definition) is 2. The molecule has 2 N–H and O–H groups in total. The molecule has 0 bridgehead atoms. The van der Waals surface area contributed by atoms with Crippen LogP contribution in [-0.2, 0) is 11.2 Å². The number of fused-ring (bicyclic) bond motifs is 3. The molecule has 0 unspecified atom stereocenters. The largest absolute Gasteiger partial charge is 0.496 e. The maximum Gasteiger partial charge on any atom is 0.219 e. The molecular formula is C31H36N8O3. The molecule has 5 aromatic rings. The third-order valence-corrected chi connectivity index (χ3v) is 8.69. The molecule has 4 aromatic heterocycles. The lowest BCUT2D eigenvalue weighted by atomic mass is 10.0. The fraction of sp³-hybridized carbons (Fsp3) is 0.452. The van der Waals surface area contributed by atoms with Gasteiger partial charge in [-0.1, -0.05) is 12.1 Å². The van der Waals surface area contributed by atoms with E-state index in [9.17, 15) is 4.79 Å². The standard InChI is InChI=1S/C31H36N8O3/c1-6-26-33-30-29(21-14-25(41-5)22(13-24(21)32-30)28-16(2)37-42-17(28)3)31(34-26)35-27-15-23(19-7-8-19)36-39(27)20-9-11-38(12-10-20)18(4)40/h13-15,19-20H,6-12H2,1-5H3,(H2,32,33,34,35). The van der Waals surface area contributed by atoms with Gasteiger partial charge in [-0.05, 0) is 51.7 Å². The monoisotopic (exact) mass is 568 g/mol. The predicted octanol–water partition coefficient (Wildman–Crippen LogP) is 5.95. The normalized spacial score (nSPS) is 16.1. The average molecular weight is 569 g/mol. The van der Waals surface area contributed by atoms with Gasteiger partial charge in [-0.25, -0.2) is 14.6 Å². The first kappa shape index (κ1) is 26.5. The summed E-state index contributed by atoms with van der Waals surface area (Å²) in [5, 5.41) is 14.8. The second-order valence-corrected chi connectivity index (χ2v) is 11.5. The molecule has 7 rings (SSSR count). The van der Waals surface area contributed by atoms with E-state index in [-0.39, 0.29) is 11.9 Å². The van der Waals surface area contributed by atoms with Gasteiger partial charge in [0.2, 0.25) is 5.91 Å². The van der Waals surface area contributed by atoms with E-state index < -0.39 is 0 Å². The molecule has 2 fully saturated rings. The van der Waals surface area contributed by atoms with E-state index in [1.54, 1.807) is 14.0 Å². The number of anilines is 2. The predicted molar refractivity (Wildman–Crippen MR) is 160 cm³/mol. The summed E-state index contributed by atoms with van der Waals surface area (Å²) in [4.78, 5) is 27.2. The summed E-state index contributed by atoms with van der Waals surface area (Å²) in [7, 11) is 1.68. The second-order valence-electron chi connectivity index (χ2n) is 11.5. The zero-order valence-electron chi connectivity index (χ0n) is 24.7. The van der Waals surface area contributed by atoms with Gasteiger partial charge in [0.1, 0.15) is 34.6 Å². The Morgan fingerprint density at radius 2 is 1.93 bits per heavy atom. The van der Waals surface area contributed by atoms with E-state index in [4.69, 9.17) is 24.3 Å². The third-order valence-electron chi connectivity index (χ3n) is 8.69. The van der Waals surface area contributed by atoms with E-state index >= 15 is 0 Å². The summed E-state index contributed by atoms with van der Waals surface area (Å²) >= 11 is 0. The number of aromatic amines is 1. The van der Waals surface area contributed by atoms with Gasteiger partial charge >= 0.3 is 0 Å². The number of piperidine rings is 1. The van der Waals surface area contributed by atoms with Crippen LogP contribution in [0.5, 0.6) is 5.75 Å². The lowest BCUT2D eigenvalue weighted by Crippen LogP contribution is -2.38. The molecule has 0 atom stereocenters. The van der Waals surface area contributed by atoms with Gasteiger partial charge in [0.15, 0.2) is 0 Å². The minimum absolute atomic E-state index is 0.133. The fourth-order valence-electron chi connectivity index (χ4n) is 6.26. The van der Waals surface area contributed by atoms with E-state index in [0.717, 1.165) is 99.4 Å². The van der Waals surface area contributed by atoms with Crippen LogP contribution in [0.15, 0.2) is 22.7 Å². The zero-order valence-corrected chi connectivity index (χ0v) is 24.7. The van der Waals surface area contributed by atoms with Gasteiger partial charge in [0.05, 0.1) is 35.5 Å². The van der Waals surface area contributed by atoms with Crippen molar-refractivity contribution < 1.29 is 14.1 Å². The Labute approximate surface area is 243 Å². The maximum absolute atomic E-state index is 11.9.